The summed E-state index contributed by atoms with van der Waals surface area (Å²) in [5.74, 6) is 2.21. The summed E-state index contributed by atoms with van der Waals surface area (Å²) in [7, 11) is 1.50. The van der Waals surface area contributed by atoms with E-state index in [1.54, 1.807) is 31.3 Å². The molecule has 0 aromatic heterocycles. The summed E-state index contributed by atoms with van der Waals surface area (Å²) < 4.78 is 20.9. The minimum Gasteiger partial charge on any atom is -0.493 e. The Morgan fingerprint density at radius 2 is 1.66 bits per heavy atom. The third-order valence-corrected chi connectivity index (χ3v) is 3.82. The van der Waals surface area contributed by atoms with Crippen LogP contribution in [0, 0.1) is 0 Å². The maximum atomic E-state index is 11.5. The van der Waals surface area contributed by atoms with Crippen molar-refractivity contribution in [3.8, 4) is 23.0 Å². The van der Waals surface area contributed by atoms with E-state index in [-0.39, 0.29) is 12.4 Å². The molecule has 6 nitrogen and oxygen atoms in total. The molecule has 29 heavy (non-hydrogen) atoms. The minimum absolute atomic E-state index is 0.237. The van der Waals surface area contributed by atoms with Crippen molar-refractivity contribution in [1.82, 2.24) is 0 Å². The average molecular weight is 391 g/mol. The molecule has 0 bridgehead atoms. The SMILES string of the molecule is CCOC(=O)Oc1ccc(C=Nc2ccc(Oc3ccccc3)cc2)cc1OC. The predicted octanol–water partition coefficient (Wildman–Crippen LogP) is 5.77. The summed E-state index contributed by atoms with van der Waals surface area (Å²) in [5.41, 5.74) is 1.57. The van der Waals surface area contributed by atoms with Gasteiger partial charge in [-0.15, -0.1) is 0 Å². The van der Waals surface area contributed by atoms with E-state index in [0.717, 1.165) is 22.7 Å². The van der Waals surface area contributed by atoms with Crippen LogP contribution >= 0.6 is 0 Å². The van der Waals surface area contributed by atoms with Gasteiger partial charge in [0, 0.05) is 6.21 Å². The fraction of sp³-hybridized carbons (Fsp3) is 0.130. The molecule has 0 aliphatic rings. The largest absolute Gasteiger partial charge is 0.513 e. The number of nitrogens with zero attached hydrogens (tertiary/aromatic N) is 1. The molecule has 0 aliphatic heterocycles. The van der Waals surface area contributed by atoms with Gasteiger partial charge in [0.1, 0.15) is 11.5 Å². The van der Waals surface area contributed by atoms with Crippen molar-refractivity contribution in [1.29, 1.82) is 0 Å². The molecule has 0 unspecified atom stereocenters. The topological polar surface area (TPSA) is 66.4 Å². The Kier molecular flexibility index (Phi) is 6.84. The number of carbonyl (C=O) groups excluding carboxylic acids is 1. The van der Waals surface area contributed by atoms with Crippen molar-refractivity contribution in [3.05, 3.63) is 78.4 Å². The molecule has 0 atom stereocenters. The zero-order valence-corrected chi connectivity index (χ0v) is 16.2. The molecular weight excluding hydrogens is 370 g/mol. The lowest BCUT2D eigenvalue weighted by Gasteiger charge is -2.09. The van der Waals surface area contributed by atoms with Gasteiger partial charge in [-0.2, -0.15) is 0 Å². The highest BCUT2D eigenvalue weighted by atomic mass is 16.7. The van der Waals surface area contributed by atoms with Crippen molar-refractivity contribution in [2.45, 2.75) is 6.92 Å². The van der Waals surface area contributed by atoms with Gasteiger partial charge in [0.15, 0.2) is 11.5 Å². The van der Waals surface area contributed by atoms with Gasteiger partial charge in [-0.05, 0) is 67.1 Å². The molecule has 148 valence electrons. The van der Waals surface area contributed by atoms with E-state index in [4.69, 9.17) is 18.9 Å². The molecule has 3 aromatic rings. The zero-order chi connectivity index (χ0) is 20.5. The molecule has 6 heteroatoms. The molecule has 0 saturated carbocycles. The number of hydrogen-bond acceptors (Lipinski definition) is 6. The standard InChI is InChI=1S/C23H21NO5/c1-3-27-23(25)29-21-14-9-17(15-22(21)26-2)16-24-18-10-12-20(13-11-18)28-19-7-5-4-6-8-19/h4-16H,3H2,1-2H3. The molecule has 0 fully saturated rings. The van der Waals surface area contributed by atoms with Crippen LogP contribution in [-0.4, -0.2) is 26.1 Å². The van der Waals surface area contributed by atoms with Gasteiger partial charge < -0.3 is 18.9 Å². The fourth-order valence-electron chi connectivity index (χ4n) is 2.46. The van der Waals surface area contributed by atoms with Crippen LogP contribution in [0.2, 0.25) is 0 Å². The van der Waals surface area contributed by atoms with Crippen molar-refractivity contribution in [2.75, 3.05) is 13.7 Å². The third kappa shape index (κ3) is 5.84. The Bertz CT molecular complexity index is 968. The molecule has 0 aliphatic carbocycles. The second kappa shape index (κ2) is 9.94. The van der Waals surface area contributed by atoms with Gasteiger partial charge in [0.2, 0.25) is 0 Å². The molecule has 0 N–H and O–H groups in total. The molecule has 0 amide bonds. The molecule has 3 rings (SSSR count). The number of hydrogen-bond donors (Lipinski definition) is 0. The predicted molar refractivity (Wildman–Crippen MR) is 111 cm³/mol. The Morgan fingerprint density at radius 1 is 0.931 bits per heavy atom. The van der Waals surface area contributed by atoms with Gasteiger partial charge in [-0.1, -0.05) is 18.2 Å². The van der Waals surface area contributed by atoms with Crippen molar-refractivity contribution in [2.24, 2.45) is 4.99 Å². The highest BCUT2D eigenvalue weighted by molar-refractivity contribution is 5.83. The first-order valence-corrected chi connectivity index (χ1v) is 9.07. The Balaban J connectivity index is 1.66. The van der Waals surface area contributed by atoms with E-state index in [0.29, 0.717) is 5.75 Å². The second-order valence-electron chi connectivity index (χ2n) is 5.86. The van der Waals surface area contributed by atoms with Gasteiger partial charge in [0.25, 0.3) is 0 Å². The molecular formula is C23H21NO5. The first-order valence-electron chi connectivity index (χ1n) is 9.07. The van der Waals surface area contributed by atoms with Crippen LogP contribution in [-0.2, 0) is 4.74 Å². The lowest BCUT2D eigenvalue weighted by atomic mass is 10.2. The summed E-state index contributed by atoms with van der Waals surface area (Å²) >= 11 is 0. The third-order valence-electron chi connectivity index (χ3n) is 3.82. The first-order chi connectivity index (χ1) is 14.2. The van der Waals surface area contributed by atoms with Crippen LogP contribution in [0.4, 0.5) is 10.5 Å². The number of methoxy groups -OCH3 is 1. The highest BCUT2D eigenvalue weighted by Gasteiger charge is 2.11. The van der Waals surface area contributed by atoms with Crippen LogP contribution in [0.25, 0.3) is 0 Å². The number of para-hydroxylation sites is 1. The summed E-state index contributed by atoms with van der Waals surface area (Å²) in [6.45, 7) is 1.94. The van der Waals surface area contributed by atoms with E-state index in [1.807, 2.05) is 54.6 Å². The van der Waals surface area contributed by atoms with Gasteiger partial charge in [-0.3, -0.25) is 4.99 Å². The minimum atomic E-state index is -0.773. The van der Waals surface area contributed by atoms with E-state index in [1.165, 1.54) is 7.11 Å². The Hall–Kier alpha value is -3.80. The first kappa shape index (κ1) is 19.9. The normalized spacial score (nSPS) is 10.6. The average Bonchev–Trinajstić information content (AvgIpc) is 2.75. The van der Waals surface area contributed by atoms with Crippen molar-refractivity contribution in [3.63, 3.8) is 0 Å². The Morgan fingerprint density at radius 3 is 2.34 bits per heavy atom. The van der Waals surface area contributed by atoms with E-state index in [9.17, 15) is 4.79 Å². The fourth-order valence-corrected chi connectivity index (χ4v) is 2.46. The van der Waals surface area contributed by atoms with Gasteiger partial charge >= 0.3 is 6.16 Å². The lowest BCUT2D eigenvalue weighted by Crippen LogP contribution is -2.10. The lowest BCUT2D eigenvalue weighted by molar-refractivity contribution is 0.103. The number of benzene rings is 3. The van der Waals surface area contributed by atoms with E-state index < -0.39 is 6.16 Å². The summed E-state index contributed by atoms with van der Waals surface area (Å²) in [5, 5.41) is 0. The van der Waals surface area contributed by atoms with Crippen LogP contribution in [0.1, 0.15) is 12.5 Å². The molecule has 0 saturated heterocycles. The number of ether oxygens (including phenoxy) is 4. The summed E-state index contributed by atoms with van der Waals surface area (Å²) in [6, 6.07) is 22.2. The van der Waals surface area contributed by atoms with E-state index in [2.05, 4.69) is 4.99 Å². The van der Waals surface area contributed by atoms with Crippen molar-refractivity contribution >= 4 is 18.1 Å². The highest BCUT2D eigenvalue weighted by Crippen LogP contribution is 2.28. The molecule has 0 heterocycles. The summed E-state index contributed by atoms with van der Waals surface area (Å²) in [6.07, 6.45) is 0.925. The van der Waals surface area contributed by atoms with Gasteiger partial charge in [-0.25, -0.2) is 4.79 Å². The van der Waals surface area contributed by atoms with Crippen LogP contribution in [0.15, 0.2) is 77.8 Å². The molecule has 0 spiro atoms. The molecule has 0 radical (unpaired) electrons. The number of rotatable bonds is 7. The monoisotopic (exact) mass is 391 g/mol. The quantitative estimate of drug-likeness (QED) is 0.290. The number of aliphatic imine (C=N–C) groups is 1. The molecule has 3 aromatic carbocycles. The van der Waals surface area contributed by atoms with Crippen LogP contribution in [0.5, 0.6) is 23.0 Å². The van der Waals surface area contributed by atoms with Gasteiger partial charge in [0.05, 0.1) is 19.4 Å². The number of carbonyl (C=O) groups is 1. The van der Waals surface area contributed by atoms with Crippen LogP contribution in [0.3, 0.4) is 0 Å². The zero-order valence-electron chi connectivity index (χ0n) is 16.2. The Labute approximate surface area is 169 Å². The van der Waals surface area contributed by atoms with Crippen LogP contribution < -0.4 is 14.2 Å². The van der Waals surface area contributed by atoms with E-state index >= 15 is 0 Å². The second-order valence-corrected chi connectivity index (χ2v) is 5.86. The maximum absolute atomic E-state index is 11.5. The smallest absolute Gasteiger partial charge is 0.493 e. The maximum Gasteiger partial charge on any atom is 0.513 e. The van der Waals surface area contributed by atoms with Crippen molar-refractivity contribution < 1.29 is 23.7 Å². The summed E-state index contributed by atoms with van der Waals surface area (Å²) in [4.78, 5) is 15.9.